The minimum atomic E-state index is -0.237. The highest BCUT2D eigenvalue weighted by molar-refractivity contribution is 7.10. The molecular formula is C16H17NO2S. The van der Waals surface area contributed by atoms with E-state index in [-0.39, 0.29) is 11.9 Å². The van der Waals surface area contributed by atoms with Gasteiger partial charge in [0.05, 0.1) is 12.1 Å². The van der Waals surface area contributed by atoms with Gasteiger partial charge in [-0.05, 0) is 18.8 Å². The van der Waals surface area contributed by atoms with Gasteiger partial charge < -0.3 is 4.74 Å². The van der Waals surface area contributed by atoms with Gasteiger partial charge in [-0.15, -0.1) is 11.3 Å². The van der Waals surface area contributed by atoms with Crippen LogP contribution in [0.3, 0.4) is 0 Å². The topological polar surface area (TPSA) is 39.2 Å². The number of aromatic nitrogens is 1. The van der Waals surface area contributed by atoms with E-state index in [0.717, 1.165) is 29.1 Å². The number of carbonyl (C=O) groups is 1. The third-order valence-electron chi connectivity index (χ3n) is 3.57. The van der Waals surface area contributed by atoms with E-state index in [1.807, 2.05) is 35.7 Å². The van der Waals surface area contributed by atoms with Crippen LogP contribution in [-0.2, 0) is 16.0 Å². The lowest BCUT2D eigenvalue weighted by Crippen LogP contribution is -2.26. The minimum absolute atomic E-state index is 0.156. The summed E-state index contributed by atoms with van der Waals surface area (Å²) in [5, 5.41) is 2.88. The van der Waals surface area contributed by atoms with Gasteiger partial charge in [0.2, 0.25) is 0 Å². The Morgan fingerprint density at radius 1 is 1.40 bits per heavy atom. The maximum absolute atomic E-state index is 12.2. The van der Waals surface area contributed by atoms with Gasteiger partial charge in [-0.1, -0.05) is 30.3 Å². The van der Waals surface area contributed by atoms with Gasteiger partial charge in [0, 0.05) is 18.1 Å². The van der Waals surface area contributed by atoms with Crippen LogP contribution in [0.5, 0.6) is 0 Å². The predicted octanol–water partition coefficient (Wildman–Crippen LogP) is 3.35. The summed E-state index contributed by atoms with van der Waals surface area (Å²) in [5.41, 5.74) is 2.03. The molecule has 1 saturated carbocycles. The number of hydrogen-bond acceptors (Lipinski definition) is 4. The molecular weight excluding hydrogens is 270 g/mol. The Morgan fingerprint density at radius 2 is 2.15 bits per heavy atom. The number of ether oxygens (including phenoxy) is 1. The van der Waals surface area contributed by atoms with Crippen molar-refractivity contribution < 1.29 is 9.53 Å². The molecule has 0 radical (unpaired) electrons. The van der Waals surface area contributed by atoms with Crippen molar-refractivity contribution >= 4 is 17.1 Å². The smallest absolute Gasteiger partial charge is 0.168 e. The maximum atomic E-state index is 12.2. The Labute approximate surface area is 122 Å². The second-order valence-corrected chi connectivity index (χ2v) is 6.07. The molecule has 1 aliphatic carbocycles. The van der Waals surface area contributed by atoms with Crippen molar-refractivity contribution in [2.24, 2.45) is 5.92 Å². The molecule has 104 valence electrons. The monoisotopic (exact) mass is 287 g/mol. The number of Topliss-reactive ketones (excluding diaryl/α,β-unsaturated/α-hetero) is 1. The van der Waals surface area contributed by atoms with Crippen LogP contribution in [0.4, 0.5) is 0 Å². The van der Waals surface area contributed by atoms with Crippen molar-refractivity contribution in [2.75, 3.05) is 7.11 Å². The summed E-state index contributed by atoms with van der Waals surface area (Å²) in [4.78, 5) is 16.8. The Hall–Kier alpha value is -1.52. The third-order valence-corrected chi connectivity index (χ3v) is 4.42. The van der Waals surface area contributed by atoms with Gasteiger partial charge >= 0.3 is 0 Å². The van der Waals surface area contributed by atoms with Crippen LogP contribution in [-0.4, -0.2) is 24.0 Å². The molecule has 1 heterocycles. The largest absolute Gasteiger partial charge is 0.373 e. The molecule has 20 heavy (non-hydrogen) atoms. The van der Waals surface area contributed by atoms with Crippen molar-refractivity contribution in [3.05, 3.63) is 40.7 Å². The molecule has 1 atom stereocenters. The highest BCUT2D eigenvalue weighted by Gasteiger charge is 2.36. The number of nitrogens with zero attached hydrogens (tertiary/aromatic N) is 1. The molecule has 1 fully saturated rings. The van der Waals surface area contributed by atoms with E-state index in [4.69, 9.17) is 4.74 Å². The zero-order valence-corrected chi connectivity index (χ0v) is 12.2. The molecule has 0 aliphatic heterocycles. The van der Waals surface area contributed by atoms with E-state index in [0.29, 0.717) is 12.3 Å². The summed E-state index contributed by atoms with van der Waals surface area (Å²) < 4.78 is 5.33. The zero-order chi connectivity index (χ0) is 13.9. The van der Waals surface area contributed by atoms with Crippen molar-refractivity contribution in [3.63, 3.8) is 0 Å². The van der Waals surface area contributed by atoms with E-state index in [1.54, 1.807) is 18.4 Å². The fourth-order valence-corrected chi connectivity index (χ4v) is 3.18. The Kier molecular flexibility index (Phi) is 3.94. The molecule has 1 unspecified atom stereocenters. The van der Waals surface area contributed by atoms with E-state index in [1.165, 1.54) is 0 Å². The van der Waals surface area contributed by atoms with Gasteiger partial charge in [-0.2, -0.15) is 0 Å². The van der Waals surface area contributed by atoms with Crippen LogP contribution in [0.1, 0.15) is 17.8 Å². The number of hydrogen-bond donors (Lipinski definition) is 0. The molecule has 2 aromatic rings. The van der Waals surface area contributed by atoms with Crippen LogP contribution in [0.25, 0.3) is 11.3 Å². The van der Waals surface area contributed by atoms with Gasteiger partial charge in [0.15, 0.2) is 5.78 Å². The lowest BCUT2D eigenvalue weighted by molar-refractivity contribution is -0.129. The van der Waals surface area contributed by atoms with Gasteiger partial charge in [0.1, 0.15) is 11.1 Å². The first kappa shape index (κ1) is 13.5. The molecule has 1 aliphatic rings. The Balaban J connectivity index is 1.69. The van der Waals surface area contributed by atoms with E-state index < -0.39 is 0 Å². The maximum Gasteiger partial charge on any atom is 0.168 e. The normalized spacial score (nSPS) is 16.1. The molecule has 4 heteroatoms. The third kappa shape index (κ3) is 2.97. The molecule has 3 rings (SSSR count). The standard InChI is InChI=1S/C16H17NO2S/c1-19-16(12-7-8-12)14(18)9-15-17-13(10-20-15)11-5-3-2-4-6-11/h2-6,10,12,16H,7-9H2,1H3. The lowest BCUT2D eigenvalue weighted by Gasteiger charge is -2.11. The molecule has 3 nitrogen and oxygen atoms in total. The van der Waals surface area contributed by atoms with Crippen molar-refractivity contribution in [1.82, 2.24) is 4.98 Å². The SMILES string of the molecule is COC(C(=O)Cc1nc(-c2ccccc2)cs1)C1CC1. The zero-order valence-electron chi connectivity index (χ0n) is 11.4. The predicted molar refractivity (Wildman–Crippen MR) is 79.8 cm³/mol. The van der Waals surface area contributed by atoms with Crippen LogP contribution in [0.15, 0.2) is 35.7 Å². The number of rotatable bonds is 6. The first-order chi connectivity index (χ1) is 9.78. The number of thiazole rings is 1. The number of carbonyl (C=O) groups excluding carboxylic acids is 1. The first-order valence-corrected chi connectivity index (χ1v) is 7.71. The fourth-order valence-electron chi connectivity index (χ4n) is 2.37. The quantitative estimate of drug-likeness (QED) is 0.818. The molecule has 1 aromatic heterocycles. The molecule has 0 saturated heterocycles. The molecule has 1 aromatic carbocycles. The van der Waals surface area contributed by atoms with Gasteiger partial charge in [0.25, 0.3) is 0 Å². The van der Waals surface area contributed by atoms with Crippen molar-refractivity contribution in [3.8, 4) is 11.3 Å². The summed E-state index contributed by atoms with van der Waals surface area (Å²) in [6, 6.07) is 10.0. The summed E-state index contributed by atoms with van der Waals surface area (Å²) in [6.45, 7) is 0. The summed E-state index contributed by atoms with van der Waals surface area (Å²) >= 11 is 1.55. The van der Waals surface area contributed by atoms with Crippen LogP contribution in [0.2, 0.25) is 0 Å². The summed E-state index contributed by atoms with van der Waals surface area (Å²) in [6.07, 6.45) is 2.36. The van der Waals surface area contributed by atoms with Crippen molar-refractivity contribution in [1.29, 1.82) is 0 Å². The molecule has 0 spiro atoms. The summed E-state index contributed by atoms with van der Waals surface area (Å²) in [5.74, 6) is 0.588. The number of methoxy groups -OCH3 is 1. The van der Waals surface area contributed by atoms with Crippen molar-refractivity contribution in [2.45, 2.75) is 25.4 Å². The van der Waals surface area contributed by atoms with Gasteiger partial charge in [-0.3, -0.25) is 4.79 Å². The summed E-state index contributed by atoms with van der Waals surface area (Å²) in [7, 11) is 1.62. The van der Waals surface area contributed by atoms with E-state index in [2.05, 4.69) is 4.98 Å². The highest BCUT2D eigenvalue weighted by atomic mass is 32.1. The van der Waals surface area contributed by atoms with Crippen LogP contribution < -0.4 is 0 Å². The van der Waals surface area contributed by atoms with Gasteiger partial charge in [-0.25, -0.2) is 4.98 Å². The number of ketones is 1. The average Bonchev–Trinajstić information content (AvgIpc) is 3.19. The molecule has 0 N–H and O–H groups in total. The average molecular weight is 287 g/mol. The van der Waals surface area contributed by atoms with E-state index >= 15 is 0 Å². The van der Waals surface area contributed by atoms with E-state index in [9.17, 15) is 4.79 Å². The Bertz CT molecular complexity index is 590. The first-order valence-electron chi connectivity index (χ1n) is 6.83. The minimum Gasteiger partial charge on any atom is -0.373 e. The number of benzene rings is 1. The molecule has 0 bridgehead atoms. The Morgan fingerprint density at radius 3 is 2.80 bits per heavy atom. The highest BCUT2D eigenvalue weighted by Crippen LogP contribution is 2.35. The lowest BCUT2D eigenvalue weighted by atomic mass is 10.1. The second kappa shape index (κ2) is 5.85. The molecule has 0 amide bonds. The second-order valence-electron chi connectivity index (χ2n) is 5.13. The fraction of sp³-hybridized carbons (Fsp3) is 0.375. The van der Waals surface area contributed by atoms with Crippen LogP contribution >= 0.6 is 11.3 Å². The van der Waals surface area contributed by atoms with Crippen LogP contribution in [0, 0.1) is 5.92 Å².